The van der Waals surface area contributed by atoms with Crippen LogP contribution in [0.2, 0.25) is 0 Å². The van der Waals surface area contributed by atoms with E-state index in [0.717, 1.165) is 6.42 Å². The number of ether oxygens (including phenoxy) is 6. The van der Waals surface area contributed by atoms with E-state index in [4.69, 9.17) is 28.4 Å². The number of aliphatic hydroxyl groups excluding tert-OH is 3. The molecule has 3 heterocycles. The molecule has 3 fully saturated rings. The number of rotatable bonds is 9. The van der Waals surface area contributed by atoms with Crippen molar-refractivity contribution in [2.24, 2.45) is 17.8 Å². The highest BCUT2D eigenvalue weighted by atomic mass is 16.7. The lowest BCUT2D eigenvalue weighted by Gasteiger charge is -2.49. The van der Waals surface area contributed by atoms with Gasteiger partial charge in [0.2, 0.25) is 0 Å². The highest BCUT2D eigenvalue weighted by molar-refractivity contribution is 5.73. The van der Waals surface area contributed by atoms with Crippen LogP contribution in [0, 0.1) is 17.8 Å². The standard InChI is InChI=1S/C40H76N2O12/c1-15-17-42-21-22(3)33(44)40(11,48)29(16-2)52-36(46)26(7)32(53-30-20-39(10,49-14)34(45)27(8)51-30)25(6)35(38(9,47)19-23(42)4)54-37-31(43)28(41(12)13)18-24(5)50-37/h22-35,37,43-45,47-48H,15-21H2,1-14H3/t22-,23-,24-,25+,26?,27+,28+,29-,30?,31-,32-,33-,34+,35-,37+,38+,39-,40-/m1/s1. The van der Waals surface area contributed by atoms with E-state index in [9.17, 15) is 30.3 Å². The van der Waals surface area contributed by atoms with Gasteiger partial charge in [-0.1, -0.05) is 27.7 Å². The van der Waals surface area contributed by atoms with E-state index in [1.54, 1.807) is 34.6 Å². The van der Waals surface area contributed by atoms with Gasteiger partial charge >= 0.3 is 5.97 Å². The normalized spacial score (nSPS) is 48.2. The molecular weight excluding hydrogens is 700 g/mol. The van der Waals surface area contributed by atoms with E-state index >= 15 is 0 Å². The van der Waals surface area contributed by atoms with Gasteiger partial charge in [-0.05, 0) is 101 Å². The molecule has 3 aliphatic heterocycles. The second-order valence-corrected chi connectivity index (χ2v) is 17.7. The van der Waals surface area contributed by atoms with Crippen LogP contribution < -0.4 is 0 Å². The first kappa shape index (κ1) is 47.4. The zero-order valence-electron chi connectivity index (χ0n) is 35.6. The van der Waals surface area contributed by atoms with Gasteiger partial charge < -0.3 is 63.8 Å². The van der Waals surface area contributed by atoms with Gasteiger partial charge in [0.1, 0.15) is 23.9 Å². The molecule has 0 spiro atoms. The molecule has 0 aromatic carbocycles. The number of carbonyl (C=O) groups is 1. The molecule has 0 saturated carbocycles. The van der Waals surface area contributed by atoms with Gasteiger partial charge in [-0.2, -0.15) is 0 Å². The Morgan fingerprint density at radius 1 is 0.926 bits per heavy atom. The Balaban J connectivity index is 2.22. The number of carbonyl (C=O) groups excluding carboxylic acids is 1. The van der Waals surface area contributed by atoms with E-state index < -0.39 is 95.8 Å². The maximum Gasteiger partial charge on any atom is 0.311 e. The predicted octanol–water partition coefficient (Wildman–Crippen LogP) is 2.68. The minimum atomic E-state index is -1.78. The zero-order chi connectivity index (χ0) is 41.1. The number of likely N-dealkylation sites (N-methyl/N-ethyl adjacent to an activating group) is 1. The maximum absolute atomic E-state index is 14.3. The summed E-state index contributed by atoms with van der Waals surface area (Å²) in [7, 11) is 5.29. The second kappa shape index (κ2) is 19.2. The molecule has 3 rings (SSSR count). The van der Waals surface area contributed by atoms with Crippen LogP contribution in [0.4, 0.5) is 0 Å². The zero-order valence-corrected chi connectivity index (χ0v) is 35.6. The quantitative estimate of drug-likeness (QED) is 0.216. The molecule has 18 atom stereocenters. The molecule has 3 aliphatic rings. The van der Waals surface area contributed by atoms with E-state index in [1.165, 1.54) is 14.0 Å². The van der Waals surface area contributed by atoms with Crippen molar-refractivity contribution in [2.45, 2.75) is 199 Å². The third kappa shape index (κ3) is 10.7. The van der Waals surface area contributed by atoms with Crippen LogP contribution in [-0.4, -0.2) is 166 Å². The fourth-order valence-electron chi connectivity index (χ4n) is 9.13. The molecular formula is C40H76N2O12. The topological polar surface area (TPSA) is 180 Å². The third-order valence-corrected chi connectivity index (χ3v) is 12.6. The molecule has 0 radical (unpaired) electrons. The number of cyclic esters (lactones) is 1. The predicted molar refractivity (Wildman–Crippen MR) is 203 cm³/mol. The average molecular weight is 777 g/mol. The van der Waals surface area contributed by atoms with Gasteiger partial charge in [0.15, 0.2) is 12.6 Å². The van der Waals surface area contributed by atoms with E-state index in [0.29, 0.717) is 19.5 Å². The molecule has 0 aliphatic carbocycles. The van der Waals surface area contributed by atoms with Crippen LogP contribution in [0.3, 0.4) is 0 Å². The number of hydrogen-bond acceptors (Lipinski definition) is 14. The summed E-state index contributed by atoms with van der Waals surface area (Å²) in [6, 6.07) is -0.500. The van der Waals surface area contributed by atoms with Crippen molar-refractivity contribution in [2.75, 3.05) is 34.3 Å². The lowest BCUT2D eigenvalue weighted by molar-refractivity contribution is -0.318. The summed E-state index contributed by atoms with van der Waals surface area (Å²) in [5, 5.41) is 58.7. The molecule has 0 aromatic heterocycles. The van der Waals surface area contributed by atoms with Crippen LogP contribution in [0.5, 0.6) is 0 Å². The molecule has 0 bridgehead atoms. The molecule has 14 nitrogen and oxygen atoms in total. The molecule has 3 saturated heterocycles. The average Bonchev–Trinajstić information content (AvgIpc) is 3.09. The van der Waals surface area contributed by atoms with Crippen LogP contribution in [0.25, 0.3) is 0 Å². The van der Waals surface area contributed by atoms with Crippen LogP contribution in [-0.2, 0) is 33.2 Å². The molecule has 318 valence electrons. The number of aliphatic hydroxyl groups is 5. The minimum Gasteiger partial charge on any atom is -0.459 e. The van der Waals surface area contributed by atoms with Crippen LogP contribution in [0.15, 0.2) is 0 Å². The van der Waals surface area contributed by atoms with Gasteiger partial charge in [0.25, 0.3) is 0 Å². The van der Waals surface area contributed by atoms with Crippen LogP contribution in [0.1, 0.15) is 108 Å². The third-order valence-electron chi connectivity index (χ3n) is 12.6. The Labute approximate surface area is 324 Å². The Morgan fingerprint density at radius 2 is 1.56 bits per heavy atom. The highest BCUT2D eigenvalue weighted by Gasteiger charge is 2.52. The second-order valence-electron chi connectivity index (χ2n) is 17.7. The van der Waals surface area contributed by atoms with Gasteiger partial charge in [-0.25, -0.2) is 0 Å². The van der Waals surface area contributed by atoms with Gasteiger partial charge in [0, 0.05) is 38.1 Å². The summed E-state index contributed by atoms with van der Waals surface area (Å²) in [5.74, 6) is -2.87. The van der Waals surface area contributed by atoms with Gasteiger partial charge in [-0.3, -0.25) is 4.79 Å². The van der Waals surface area contributed by atoms with Crippen molar-refractivity contribution in [3.05, 3.63) is 0 Å². The van der Waals surface area contributed by atoms with E-state index in [-0.39, 0.29) is 37.5 Å². The summed E-state index contributed by atoms with van der Waals surface area (Å²) in [6.07, 6.45) is -7.37. The summed E-state index contributed by atoms with van der Waals surface area (Å²) in [6.45, 7) is 20.9. The fourth-order valence-corrected chi connectivity index (χ4v) is 9.13. The Morgan fingerprint density at radius 3 is 2.11 bits per heavy atom. The van der Waals surface area contributed by atoms with Gasteiger partial charge in [-0.15, -0.1) is 0 Å². The Bertz CT molecular complexity index is 1180. The Kier molecular flexibility index (Phi) is 16.8. The number of nitrogens with zero attached hydrogens (tertiary/aromatic N) is 2. The summed E-state index contributed by atoms with van der Waals surface area (Å²) in [4.78, 5) is 18.4. The summed E-state index contributed by atoms with van der Waals surface area (Å²) in [5.41, 5.74) is -4.38. The maximum atomic E-state index is 14.3. The first-order valence-corrected chi connectivity index (χ1v) is 20.2. The SMILES string of the molecule is CCCN1C[C@@H](C)[C@@H](O)[C@](C)(O)[C@@H](CC)OC(=O)C(C)[C@H](OC2C[C@@](C)(OC)[C@@H](O)[C@H](C)O2)[C@H](C)[C@@H](O[C@@H]2O[C@H](C)C[C@H](N(C)C)[C@H]2O)[C@@](C)(O)C[C@H]1C. The molecule has 0 aromatic rings. The van der Waals surface area contributed by atoms with Crippen molar-refractivity contribution < 1.29 is 58.7 Å². The number of methoxy groups -OCH3 is 1. The highest BCUT2D eigenvalue weighted by Crippen LogP contribution is 2.40. The molecule has 2 unspecified atom stereocenters. The molecule has 0 amide bonds. The molecule has 14 heteroatoms. The number of esters is 1. The van der Waals surface area contributed by atoms with E-state index in [1.807, 2.05) is 46.7 Å². The van der Waals surface area contributed by atoms with Crippen molar-refractivity contribution in [1.82, 2.24) is 9.80 Å². The van der Waals surface area contributed by atoms with E-state index in [2.05, 4.69) is 11.8 Å². The minimum absolute atomic E-state index is 0.133. The van der Waals surface area contributed by atoms with Crippen molar-refractivity contribution in [1.29, 1.82) is 0 Å². The summed E-state index contributed by atoms with van der Waals surface area (Å²) < 4.78 is 37.8. The largest absolute Gasteiger partial charge is 0.459 e. The lowest BCUT2D eigenvalue weighted by Crippen LogP contribution is -2.61. The summed E-state index contributed by atoms with van der Waals surface area (Å²) >= 11 is 0. The lowest BCUT2D eigenvalue weighted by atomic mass is 9.78. The Hall–Kier alpha value is -1.01. The van der Waals surface area contributed by atoms with Crippen LogP contribution >= 0.6 is 0 Å². The first-order valence-electron chi connectivity index (χ1n) is 20.2. The number of hydrogen-bond donors (Lipinski definition) is 5. The molecule has 54 heavy (non-hydrogen) atoms. The van der Waals surface area contributed by atoms with Crippen molar-refractivity contribution in [3.8, 4) is 0 Å². The van der Waals surface area contributed by atoms with Crippen molar-refractivity contribution >= 4 is 5.97 Å². The monoisotopic (exact) mass is 777 g/mol. The smallest absolute Gasteiger partial charge is 0.311 e. The molecule has 5 N–H and O–H groups in total. The fraction of sp³-hybridized carbons (Fsp3) is 0.975. The first-order chi connectivity index (χ1) is 24.9. The van der Waals surface area contributed by atoms with Gasteiger partial charge in [0.05, 0.1) is 47.6 Å². The van der Waals surface area contributed by atoms with Crippen molar-refractivity contribution in [3.63, 3.8) is 0 Å².